The number of H-pyrrole nitrogens is 1. The Bertz CT molecular complexity index is 1440. The molecular formula is C26H26ClN3O3S2. The topological polar surface area (TPSA) is 82.3 Å². The second-order valence-corrected chi connectivity index (χ2v) is 12.0. The maximum Gasteiger partial charge on any atom is 0.252 e. The van der Waals surface area contributed by atoms with Crippen LogP contribution in [-0.4, -0.2) is 43.2 Å². The molecule has 0 radical (unpaired) electrons. The number of nitrogens with zero attached hydrogens (tertiary/aromatic N) is 1. The molecule has 1 aliphatic rings. The number of hydrogen-bond acceptors (Lipinski definition) is 4. The molecule has 2 N–H and O–H groups in total. The smallest absolute Gasteiger partial charge is 0.252 e. The Morgan fingerprint density at radius 2 is 1.89 bits per heavy atom. The van der Waals surface area contributed by atoms with E-state index in [-0.39, 0.29) is 21.4 Å². The lowest BCUT2D eigenvalue weighted by Gasteiger charge is -2.26. The highest BCUT2D eigenvalue weighted by molar-refractivity contribution is 7.89. The van der Waals surface area contributed by atoms with E-state index in [0.29, 0.717) is 19.6 Å². The van der Waals surface area contributed by atoms with Crippen molar-refractivity contribution in [1.82, 2.24) is 14.6 Å². The summed E-state index contributed by atoms with van der Waals surface area (Å²) in [5.74, 6) is -0.457. The van der Waals surface area contributed by atoms with Crippen molar-refractivity contribution in [2.24, 2.45) is 0 Å². The molecule has 9 heteroatoms. The molecule has 1 aliphatic heterocycles. The van der Waals surface area contributed by atoms with Crippen molar-refractivity contribution < 1.29 is 13.2 Å². The van der Waals surface area contributed by atoms with Crippen molar-refractivity contribution in [1.29, 1.82) is 0 Å². The van der Waals surface area contributed by atoms with Crippen LogP contribution in [0.3, 0.4) is 0 Å². The van der Waals surface area contributed by atoms with Crippen LogP contribution in [0.15, 0.2) is 71.1 Å². The fourth-order valence-electron chi connectivity index (χ4n) is 4.62. The third-order valence-corrected chi connectivity index (χ3v) is 9.70. The van der Waals surface area contributed by atoms with Crippen LogP contribution in [0.25, 0.3) is 10.9 Å². The number of carbonyl (C=O) groups is 1. The van der Waals surface area contributed by atoms with E-state index in [1.807, 2.05) is 35.8 Å². The molecule has 2 aromatic heterocycles. The van der Waals surface area contributed by atoms with Crippen molar-refractivity contribution in [3.05, 3.63) is 87.2 Å². The zero-order valence-electron chi connectivity index (χ0n) is 19.0. The molecule has 4 aromatic rings. The highest BCUT2D eigenvalue weighted by atomic mass is 35.5. The maximum atomic E-state index is 13.2. The summed E-state index contributed by atoms with van der Waals surface area (Å²) in [6.45, 7) is 1.35. The molecule has 0 spiro atoms. The number of sulfonamides is 1. The van der Waals surface area contributed by atoms with Gasteiger partial charge in [0.15, 0.2) is 0 Å². The zero-order chi connectivity index (χ0) is 24.4. The summed E-state index contributed by atoms with van der Waals surface area (Å²) >= 11 is 7.98. The summed E-state index contributed by atoms with van der Waals surface area (Å²) in [6, 6.07) is 16.5. The van der Waals surface area contributed by atoms with E-state index in [1.54, 1.807) is 11.3 Å². The van der Waals surface area contributed by atoms with Crippen LogP contribution in [0.5, 0.6) is 0 Å². The van der Waals surface area contributed by atoms with Gasteiger partial charge in [0.1, 0.15) is 0 Å². The molecular weight excluding hydrogens is 502 g/mol. The molecule has 35 heavy (non-hydrogen) atoms. The van der Waals surface area contributed by atoms with E-state index in [4.69, 9.17) is 11.6 Å². The maximum absolute atomic E-state index is 13.2. The van der Waals surface area contributed by atoms with Gasteiger partial charge in [-0.15, -0.1) is 11.3 Å². The Balaban J connectivity index is 1.40. The predicted molar refractivity (Wildman–Crippen MR) is 141 cm³/mol. The van der Waals surface area contributed by atoms with E-state index >= 15 is 0 Å². The number of para-hydroxylation sites is 1. The number of piperidine rings is 1. The van der Waals surface area contributed by atoms with E-state index in [0.717, 1.165) is 40.6 Å². The normalized spacial score (nSPS) is 15.8. The molecule has 1 atom stereocenters. The predicted octanol–water partition coefficient (Wildman–Crippen LogP) is 5.62. The number of aromatic amines is 1. The van der Waals surface area contributed by atoms with Gasteiger partial charge < -0.3 is 10.3 Å². The summed E-state index contributed by atoms with van der Waals surface area (Å²) in [4.78, 5) is 17.8. The fourth-order valence-corrected chi connectivity index (χ4v) is 7.21. The number of fused-ring (bicyclic) bond motifs is 1. The zero-order valence-corrected chi connectivity index (χ0v) is 21.4. The number of thiophene rings is 1. The average molecular weight is 528 g/mol. The van der Waals surface area contributed by atoms with E-state index in [1.165, 1.54) is 22.5 Å². The molecule has 0 unspecified atom stereocenters. The third kappa shape index (κ3) is 4.89. The van der Waals surface area contributed by atoms with Crippen molar-refractivity contribution in [2.75, 3.05) is 19.6 Å². The molecule has 1 amide bonds. The van der Waals surface area contributed by atoms with E-state index in [2.05, 4.69) is 22.4 Å². The van der Waals surface area contributed by atoms with Gasteiger partial charge in [0, 0.05) is 47.5 Å². The minimum Gasteiger partial charge on any atom is -0.361 e. The number of aromatic nitrogens is 1. The third-order valence-electron chi connectivity index (χ3n) is 6.49. The average Bonchev–Trinajstić information content (AvgIpc) is 3.56. The first-order valence-electron chi connectivity index (χ1n) is 11.6. The van der Waals surface area contributed by atoms with Crippen LogP contribution in [0, 0.1) is 0 Å². The van der Waals surface area contributed by atoms with Crippen molar-refractivity contribution >= 4 is 49.8 Å². The van der Waals surface area contributed by atoms with Gasteiger partial charge in [0.05, 0.1) is 15.5 Å². The molecule has 2 aromatic carbocycles. The summed E-state index contributed by atoms with van der Waals surface area (Å²) in [5.41, 5.74) is 2.29. The first-order chi connectivity index (χ1) is 16.9. The molecule has 6 nitrogen and oxygen atoms in total. The van der Waals surface area contributed by atoms with E-state index in [9.17, 15) is 13.2 Å². The van der Waals surface area contributed by atoms with Gasteiger partial charge in [-0.3, -0.25) is 4.79 Å². The number of halogens is 1. The molecule has 0 saturated carbocycles. The summed E-state index contributed by atoms with van der Waals surface area (Å²) in [6.07, 6.45) is 4.71. The number of nitrogens with one attached hydrogen (secondary N) is 2. The van der Waals surface area contributed by atoms with Crippen LogP contribution in [0.4, 0.5) is 0 Å². The van der Waals surface area contributed by atoms with E-state index < -0.39 is 15.9 Å². The Morgan fingerprint density at radius 1 is 1.09 bits per heavy atom. The van der Waals surface area contributed by atoms with Gasteiger partial charge in [-0.2, -0.15) is 4.31 Å². The fraction of sp³-hybridized carbons (Fsp3) is 0.269. The Kier molecular flexibility index (Phi) is 6.98. The SMILES string of the molecule is O=C(NC[C@H](c1cccs1)c1c[nH]c2ccccc12)c1cc(S(=O)(=O)N2CCCCC2)ccc1Cl. The van der Waals surface area contributed by atoms with Gasteiger partial charge in [0.25, 0.3) is 5.91 Å². The molecule has 1 saturated heterocycles. The molecule has 1 fully saturated rings. The minimum atomic E-state index is -3.67. The largest absolute Gasteiger partial charge is 0.361 e. The summed E-state index contributed by atoms with van der Waals surface area (Å²) < 4.78 is 27.7. The highest BCUT2D eigenvalue weighted by Gasteiger charge is 2.28. The minimum absolute atomic E-state index is 0.0610. The lowest BCUT2D eigenvalue weighted by Crippen LogP contribution is -2.35. The lowest BCUT2D eigenvalue weighted by atomic mass is 9.96. The summed E-state index contributed by atoms with van der Waals surface area (Å²) in [5, 5.41) is 6.35. The highest BCUT2D eigenvalue weighted by Crippen LogP contribution is 2.33. The Morgan fingerprint density at radius 3 is 2.66 bits per heavy atom. The molecule has 0 aliphatic carbocycles. The van der Waals surface area contributed by atoms with Crippen LogP contribution >= 0.6 is 22.9 Å². The quantitative estimate of drug-likeness (QED) is 0.327. The monoisotopic (exact) mass is 527 g/mol. The van der Waals surface area contributed by atoms with Crippen LogP contribution in [-0.2, 0) is 10.0 Å². The van der Waals surface area contributed by atoms with Crippen LogP contribution in [0.2, 0.25) is 5.02 Å². The van der Waals surface area contributed by atoms with Crippen LogP contribution < -0.4 is 5.32 Å². The summed E-state index contributed by atoms with van der Waals surface area (Å²) in [7, 11) is -3.67. The first kappa shape index (κ1) is 24.1. The van der Waals surface area contributed by atoms with Gasteiger partial charge in [0.2, 0.25) is 10.0 Å². The molecule has 182 valence electrons. The number of benzene rings is 2. The molecule has 5 rings (SSSR count). The van der Waals surface area contributed by atoms with Crippen LogP contribution in [0.1, 0.15) is 46.0 Å². The second-order valence-electron chi connectivity index (χ2n) is 8.67. The van der Waals surface area contributed by atoms with Crippen molar-refractivity contribution in [3.63, 3.8) is 0 Å². The number of carbonyl (C=O) groups excluding carboxylic acids is 1. The van der Waals surface area contributed by atoms with Gasteiger partial charge >= 0.3 is 0 Å². The van der Waals surface area contributed by atoms with Gasteiger partial charge in [-0.25, -0.2) is 8.42 Å². The number of rotatable bonds is 7. The Labute approximate surface area is 214 Å². The lowest BCUT2D eigenvalue weighted by molar-refractivity contribution is 0.0952. The second kappa shape index (κ2) is 10.1. The van der Waals surface area contributed by atoms with Crippen molar-refractivity contribution in [3.8, 4) is 0 Å². The standard InChI is InChI=1S/C26H26ClN3O3S2/c27-23-11-10-18(35(32,33)30-12-4-1-5-13-30)15-20(23)26(31)29-17-22(25-9-6-14-34-25)21-16-28-24-8-3-2-7-19(21)24/h2-3,6-11,14-16,22,28H,1,4-5,12-13,17H2,(H,29,31)/t22-/m0/s1. The molecule has 0 bridgehead atoms. The first-order valence-corrected chi connectivity index (χ1v) is 14.3. The van der Waals surface area contributed by atoms with Gasteiger partial charge in [-0.1, -0.05) is 42.3 Å². The molecule has 3 heterocycles. The van der Waals surface area contributed by atoms with Gasteiger partial charge in [-0.05, 0) is 54.1 Å². The van der Waals surface area contributed by atoms with Crippen molar-refractivity contribution in [2.45, 2.75) is 30.1 Å². The number of hydrogen-bond donors (Lipinski definition) is 2. The Hall–Kier alpha value is -2.65. The number of amides is 1.